The molecule has 1 aliphatic rings. The van der Waals surface area contributed by atoms with Crippen molar-refractivity contribution in [2.45, 2.75) is 54.9 Å². The van der Waals surface area contributed by atoms with Crippen LogP contribution < -0.4 is 0 Å². The molecule has 1 aliphatic heterocycles. The third-order valence-electron chi connectivity index (χ3n) is 3.07. The molecular weight excluding hydrogens is 262 g/mol. The highest BCUT2D eigenvalue weighted by molar-refractivity contribution is 7.94. The first-order valence-corrected chi connectivity index (χ1v) is 8.11. The average molecular weight is 287 g/mol. The van der Waals surface area contributed by atoms with Crippen LogP contribution in [-0.2, 0) is 14.8 Å². The van der Waals surface area contributed by atoms with E-state index in [2.05, 4.69) is 0 Å². The van der Waals surface area contributed by atoms with Gasteiger partial charge in [0.05, 0.1) is 4.91 Å². The molecule has 1 heterocycles. The Kier molecular flexibility index (Phi) is 3.94. The van der Waals surface area contributed by atoms with Crippen LogP contribution in [0, 0.1) is 10.8 Å². The maximum atomic E-state index is 12.6. The van der Waals surface area contributed by atoms with Gasteiger partial charge in [-0.1, -0.05) is 48.5 Å². The van der Waals surface area contributed by atoms with Crippen LogP contribution in [0.2, 0.25) is 0 Å². The molecule has 0 fully saturated rings. The van der Waals surface area contributed by atoms with Gasteiger partial charge in [0.15, 0.2) is 0 Å². The molecule has 0 aromatic rings. The molecule has 0 bridgehead atoms. The SMILES string of the molecule is CCCN1C(=O)C(C(C)(C)C)=C(C(C)(C)C)S1(=O)=O. The topological polar surface area (TPSA) is 54.5 Å². The van der Waals surface area contributed by atoms with Crippen LogP contribution in [0.4, 0.5) is 0 Å². The van der Waals surface area contributed by atoms with Gasteiger partial charge in [-0.15, -0.1) is 0 Å². The minimum absolute atomic E-state index is 0.250. The number of carbonyl (C=O) groups is 1. The van der Waals surface area contributed by atoms with E-state index in [-0.39, 0.29) is 17.4 Å². The summed E-state index contributed by atoms with van der Waals surface area (Å²) in [7, 11) is -3.67. The van der Waals surface area contributed by atoms with Gasteiger partial charge in [-0.3, -0.25) is 4.79 Å². The molecule has 1 amide bonds. The van der Waals surface area contributed by atoms with Gasteiger partial charge in [-0.2, -0.15) is 0 Å². The molecule has 5 heteroatoms. The predicted molar refractivity (Wildman–Crippen MR) is 76.9 cm³/mol. The van der Waals surface area contributed by atoms with Crippen molar-refractivity contribution in [3.63, 3.8) is 0 Å². The molecule has 0 N–H and O–H groups in total. The van der Waals surface area contributed by atoms with E-state index in [0.717, 1.165) is 4.31 Å². The van der Waals surface area contributed by atoms with Crippen molar-refractivity contribution in [1.29, 1.82) is 0 Å². The molecule has 19 heavy (non-hydrogen) atoms. The zero-order chi connectivity index (χ0) is 15.2. The van der Waals surface area contributed by atoms with E-state index in [9.17, 15) is 13.2 Å². The summed E-state index contributed by atoms with van der Waals surface area (Å²) in [5.41, 5.74) is -0.608. The highest BCUT2D eigenvalue weighted by Gasteiger charge is 2.50. The monoisotopic (exact) mass is 287 g/mol. The van der Waals surface area contributed by atoms with Crippen LogP contribution in [0.3, 0.4) is 0 Å². The lowest BCUT2D eigenvalue weighted by Gasteiger charge is -2.25. The fraction of sp³-hybridized carbons (Fsp3) is 0.786. The molecule has 0 unspecified atom stereocenters. The summed E-state index contributed by atoms with van der Waals surface area (Å²) in [6.07, 6.45) is 0.625. The summed E-state index contributed by atoms with van der Waals surface area (Å²) < 4.78 is 26.3. The summed E-state index contributed by atoms with van der Waals surface area (Å²) >= 11 is 0. The Bertz CT molecular complexity index is 516. The minimum atomic E-state index is -3.67. The number of carbonyl (C=O) groups excluding carboxylic acids is 1. The van der Waals surface area contributed by atoms with Crippen molar-refractivity contribution >= 4 is 15.9 Å². The van der Waals surface area contributed by atoms with E-state index in [1.165, 1.54) is 0 Å². The van der Waals surface area contributed by atoms with Crippen molar-refractivity contribution in [3.8, 4) is 0 Å². The van der Waals surface area contributed by atoms with E-state index in [4.69, 9.17) is 0 Å². The van der Waals surface area contributed by atoms with E-state index in [1.54, 1.807) is 0 Å². The lowest BCUT2D eigenvalue weighted by molar-refractivity contribution is -0.123. The van der Waals surface area contributed by atoms with Crippen molar-refractivity contribution in [1.82, 2.24) is 4.31 Å². The second-order valence-corrected chi connectivity index (χ2v) is 8.89. The van der Waals surface area contributed by atoms with E-state index < -0.39 is 20.9 Å². The van der Waals surface area contributed by atoms with Crippen LogP contribution in [0.5, 0.6) is 0 Å². The molecule has 0 saturated carbocycles. The maximum Gasteiger partial charge on any atom is 0.265 e. The first-order valence-electron chi connectivity index (χ1n) is 6.67. The van der Waals surface area contributed by atoms with Gasteiger partial charge in [0.25, 0.3) is 15.9 Å². The first kappa shape index (κ1) is 16.2. The number of hydrogen-bond donors (Lipinski definition) is 0. The standard InChI is InChI=1S/C14H25NO3S/c1-8-9-15-12(16)10(13(2,3)4)11(14(5,6)7)19(15,17)18/h8-9H2,1-7H3. The van der Waals surface area contributed by atoms with Crippen molar-refractivity contribution in [2.75, 3.05) is 6.54 Å². The molecule has 0 aromatic carbocycles. The number of nitrogens with zero attached hydrogens (tertiary/aromatic N) is 1. The van der Waals surface area contributed by atoms with Crippen LogP contribution >= 0.6 is 0 Å². The highest BCUT2D eigenvalue weighted by atomic mass is 32.2. The Labute approximate surface area is 116 Å². The molecular formula is C14H25NO3S. The van der Waals surface area contributed by atoms with Gasteiger partial charge in [0.2, 0.25) is 0 Å². The number of allylic oxidation sites excluding steroid dienone is 1. The molecule has 4 nitrogen and oxygen atoms in total. The van der Waals surface area contributed by atoms with Gasteiger partial charge < -0.3 is 0 Å². The van der Waals surface area contributed by atoms with Gasteiger partial charge in [-0.25, -0.2) is 12.7 Å². The third kappa shape index (κ3) is 2.71. The Morgan fingerprint density at radius 1 is 1.00 bits per heavy atom. The van der Waals surface area contributed by atoms with Gasteiger partial charge in [-0.05, 0) is 11.8 Å². The quantitative estimate of drug-likeness (QED) is 0.784. The molecule has 0 aromatic heterocycles. The Balaban J connectivity index is 3.63. The highest BCUT2D eigenvalue weighted by Crippen LogP contribution is 2.46. The Morgan fingerprint density at radius 2 is 1.47 bits per heavy atom. The summed E-state index contributed by atoms with van der Waals surface area (Å²) in [6.45, 7) is 13.3. The summed E-state index contributed by atoms with van der Waals surface area (Å²) in [6, 6.07) is 0. The van der Waals surface area contributed by atoms with Crippen LogP contribution in [0.25, 0.3) is 0 Å². The first-order chi connectivity index (χ1) is 8.35. The molecule has 0 atom stereocenters. The fourth-order valence-electron chi connectivity index (χ4n) is 2.42. The lowest BCUT2D eigenvalue weighted by atomic mass is 9.80. The smallest absolute Gasteiger partial charge is 0.265 e. The lowest BCUT2D eigenvalue weighted by Crippen LogP contribution is -2.34. The van der Waals surface area contributed by atoms with Crippen LogP contribution in [0.15, 0.2) is 10.5 Å². The fourth-order valence-corrected chi connectivity index (χ4v) is 4.80. The van der Waals surface area contributed by atoms with E-state index in [0.29, 0.717) is 12.0 Å². The summed E-state index contributed by atoms with van der Waals surface area (Å²) in [5.74, 6) is -0.348. The second kappa shape index (κ2) is 4.62. The normalized spacial score (nSPS) is 20.4. The molecule has 0 radical (unpaired) electrons. The number of amides is 1. The summed E-state index contributed by atoms with van der Waals surface area (Å²) in [5, 5.41) is 0. The van der Waals surface area contributed by atoms with Crippen molar-refractivity contribution < 1.29 is 13.2 Å². The number of sulfonamides is 1. The molecule has 110 valence electrons. The Hall–Kier alpha value is -0.840. The van der Waals surface area contributed by atoms with Crippen LogP contribution in [-0.4, -0.2) is 25.2 Å². The molecule has 1 rings (SSSR count). The predicted octanol–water partition coefficient (Wildman–Crippen LogP) is 2.91. The van der Waals surface area contributed by atoms with Crippen molar-refractivity contribution in [2.24, 2.45) is 10.8 Å². The maximum absolute atomic E-state index is 12.6. The Morgan fingerprint density at radius 3 is 1.74 bits per heavy atom. The minimum Gasteiger partial charge on any atom is -0.268 e. The molecule has 0 spiro atoms. The summed E-state index contributed by atoms with van der Waals surface area (Å²) in [4.78, 5) is 12.8. The number of rotatable bonds is 2. The second-order valence-electron chi connectivity index (χ2n) is 7.09. The zero-order valence-corrected chi connectivity index (χ0v) is 13.8. The van der Waals surface area contributed by atoms with E-state index in [1.807, 2.05) is 48.5 Å². The van der Waals surface area contributed by atoms with Gasteiger partial charge in [0, 0.05) is 17.5 Å². The number of hydrogen-bond acceptors (Lipinski definition) is 3. The average Bonchev–Trinajstić information content (AvgIpc) is 2.36. The van der Waals surface area contributed by atoms with Crippen LogP contribution in [0.1, 0.15) is 54.9 Å². The van der Waals surface area contributed by atoms with Gasteiger partial charge in [0.1, 0.15) is 0 Å². The van der Waals surface area contributed by atoms with Crippen molar-refractivity contribution in [3.05, 3.63) is 10.5 Å². The zero-order valence-electron chi connectivity index (χ0n) is 13.0. The largest absolute Gasteiger partial charge is 0.268 e. The molecule has 0 aliphatic carbocycles. The molecule has 0 saturated heterocycles. The van der Waals surface area contributed by atoms with E-state index >= 15 is 0 Å². The third-order valence-corrected chi connectivity index (χ3v) is 5.33. The van der Waals surface area contributed by atoms with Gasteiger partial charge >= 0.3 is 0 Å².